The third-order valence-electron chi connectivity index (χ3n) is 3.12. The molecule has 2 aromatic carbocycles. The van der Waals surface area contributed by atoms with Gasteiger partial charge in [0, 0.05) is 0 Å². The molecule has 0 aliphatic heterocycles. The first-order valence-electron chi connectivity index (χ1n) is 6.35. The van der Waals surface area contributed by atoms with Gasteiger partial charge in [0.1, 0.15) is 0 Å². The summed E-state index contributed by atoms with van der Waals surface area (Å²) in [5, 5.41) is 12.3. The number of hydrogen-bond acceptors (Lipinski definition) is 3. The van der Waals surface area contributed by atoms with Crippen molar-refractivity contribution in [3.63, 3.8) is 0 Å². The molecule has 0 saturated carbocycles. The van der Waals surface area contributed by atoms with Gasteiger partial charge in [-0.05, 0) is 30.2 Å². The predicted molar refractivity (Wildman–Crippen MR) is 78.7 cm³/mol. The largest absolute Gasteiger partial charge is 0.397 e. The molecule has 2 rings (SSSR count). The Morgan fingerprint density at radius 3 is 2.53 bits per heavy atom. The molecule has 1 unspecified atom stereocenters. The molecule has 0 bridgehead atoms. The van der Waals surface area contributed by atoms with E-state index in [1.54, 1.807) is 12.1 Å². The standard InChI is InChI=1S/C16H17N3/c1-2-15(13-6-4-3-5-7-13)19-16-9-8-12(11-17)10-14(16)18/h3-10,15,19H,2,18H2,1H3. The number of nitrogens with two attached hydrogens (primary N) is 1. The highest BCUT2D eigenvalue weighted by atomic mass is 14.9. The fourth-order valence-corrected chi connectivity index (χ4v) is 2.06. The lowest BCUT2D eigenvalue weighted by Crippen LogP contribution is -2.11. The first kappa shape index (κ1) is 13.0. The zero-order valence-corrected chi connectivity index (χ0v) is 10.9. The van der Waals surface area contributed by atoms with Gasteiger partial charge in [-0.1, -0.05) is 37.3 Å². The fraction of sp³-hybridized carbons (Fsp3) is 0.188. The molecule has 3 N–H and O–H groups in total. The van der Waals surface area contributed by atoms with Crippen LogP contribution in [0.5, 0.6) is 0 Å². The van der Waals surface area contributed by atoms with Crippen LogP contribution in [0.1, 0.15) is 30.5 Å². The second kappa shape index (κ2) is 5.92. The Balaban J connectivity index is 2.22. The number of nitriles is 1. The van der Waals surface area contributed by atoms with Crippen LogP contribution < -0.4 is 11.1 Å². The second-order valence-corrected chi connectivity index (χ2v) is 4.43. The van der Waals surface area contributed by atoms with Crippen molar-refractivity contribution in [2.24, 2.45) is 0 Å². The predicted octanol–water partition coefficient (Wildman–Crippen LogP) is 3.70. The molecular formula is C16H17N3. The van der Waals surface area contributed by atoms with E-state index in [2.05, 4.69) is 30.4 Å². The lowest BCUT2D eigenvalue weighted by molar-refractivity contribution is 0.750. The van der Waals surface area contributed by atoms with Crippen LogP contribution in [0.3, 0.4) is 0 Å². The topological polar surface area (TPSA) is 61.8 Å². The summed E-state index contributed by atoms with van der Waals surface area (Å²) >= 11 is 0. The molecule has 19 heavy (non-hydrogen) atoms. The monoisotopic (exact) mass is 251 g/mol. The van der Waals surface area contributed by atoms with E-state index in [-0.39, 0.29) is 6.04 Å². The van der Waals surface area contributed by atoms with Gasteiger partial charge >= 0.3 is 0 Å². The maximum absolute atomic E-state index is 8.83. The summed E-state index contributed by atoms with van der Waals surface area (Å²) in [6, 6.07) is 17.9. The Labute approximate surface area is 113 Å². The third kappa shape index (κ3) is 3.05. The van der Waals surface area contributed by atoms with E-state index in [0.29, 0.717) is 11.3 Å². The van der Waals surface area contributed by atoms with Gasteiger partial charge in [0.25, 0.3) is 0 Å². The maximum Gasteiger partial charge on any atom is 0.0992 e. The minimum absolute atomic E-state index is 0.219. The van der Waals surface area contributed by atoms with E-state index in [9.17, 15) is 0 Å². The van der Waals surface area contributed by atoms with Gasteiger partial charge in [-0.2, -0.15) is 5.26 Å². The molecule has 0 amide bonds. The van der Waals surface area contributed by atoms with Gasteiger partial charge in [0.15, 0.2) is 0 Å². The number of hydrogen-bond donors (Lipinski definition) is 2. The minimum Gasteiger partial charge on any atom is -0.397 e. The minimum atomic E-state index is 0.219. The Morgan fingerprint density at radius 1 is 1.21 bits per heavy atom. The van der Waals surface area contributed by atoms with Crippen molar-refractivity contribution in [3.8, 4) is 6.07 Å². The number of benzene rings is 2. The normalized spacial score (nSPS) is 11.6. The summed E-state index contributed by atoms with van der Waals surface area (Å²) < 4.78 is 0. The number of nitrogen functional groups attached to an aromatic ring is 1. The van der Waals surface area contributed by atoms with E-state index < -0.39 is 0 Å². The van der Waals surface area contributed by atoms with E-state index in [1.807, 2.05) is 24.3 Å². The highest BCUT2D eigenvalue weighted by Gasteiger charge is 2.10. The Hall–Kier alpha value is -2.47. The fourth-order valence-electron chi connectivity index (χ4n) is 2.06. The van der Waals surface area contributed by atoms with Gasteiger partial charge in [-0.15, -0.1) is 0 Å². The summed E-state index contributed by atoms with van der Waals surface area (Å²) in [5.41, 5.74) is 9.25. The van der Waals surface area contributed by atoms with E-state index in [0.717, 1.165) is 12.1 Å². The van der Waals surface area contributed by atoms with Crippen molar-refractivity contribution in [1.29, 1.82) is 5.26 Å². The van der Waals surface area contributed by atoms with Crippen molar-refractivity contribution >= 4 is 11.4 Å². The lowest BCUT2D eigenvalue weighted by Gasteiger charge is -2.20. The molecule has 2 aromatic rings. The van der Waals surface area contributed by atoms with Crippen molar-refractivity contribution in [3.05, 3.63) is 59.7 Å². The first-order chi connectivity index (χ1) is 9.24. The molecular weight excluding hydrogens is 234 g/mol. The third-order valence-corrected chi connectivity index (χ3v) is 3.12. The van der Waals surface area contributed by atoms with E-state index >= 15 is 0 Å². The van der Waals surface area contributed by atoms with Crippen LogP contribution in [0.2, 0.25) is 0 Å². The highest BCUT2D eigenvalue weighted by Crippen LogP contribution is 2.26. The molecule has 0 aliphatic rings. The van der Waals surface area contributed by atoms with Gasteiger partial charge in [-0.25, -0.2) is 0 Å². The van der Waals surface area contributed by atoms with Crippen LogP contribution in [-0.4, -0.2) is 0 Å². The number of nitrogens with zero attached hydrogens (tertiary/aromatic N) is 1. The Morgan fingerprint density at radius 2 is 1.95 bits per heavy atom. The SMILES string of the molecule is CCC(Nc1ccc(C#N)cc1N)c1ccccc1. The molecule has 3 nitrogen and oxygen atoms in total. The molecule has 0 radical (unpaired) electrons. The summed E-state index contributed by atoms with van der Waals surface area (Å²) in [6.45, 7) is 2.13. The summed E-state index contributed by atoms with van der Waals surface area (Å²) in [7, 11) is 0. The van der Waals surface area contributed by atoms with Gasteiger partial charge in [0.05, 0.1) is 29.0 Å². The molecule has 0 heterocycles. The molecule has 0 spiro atoms. The first-order valence-corrected chi connectivity index (χ1v) is 6.35. The van der Waals surface area contributed by atoms with Gasteiger partial charge in [0.2, 0.25) is 0 Å². The molecule has 0 fully saturated rings. The van der Waals surface area contributed by atoms with Crippen LogP contribution in [0.15, 0.2) is 48.5 Å². The zero-order chi connectivity index (χ0) is 13.7. The van der Waals surface area contributed by atoms with E-state index in [4.69, 9.17) is 11.0 Å². The smallest absolute Gasteiger partial charge is 0.0992 e. The van der Waals surface area contributed by atoms with Crippen LogP contribution >= 0.6 is 0 Å². The maximum atomic E-state index is 8.83. The van der Waals surface area contributed by atoms with Crippen LogP contribution in [0.25, 0.3) is 0 Å². The molecule has 1 atom stereocenters. The van der Waals surface area contributed by atoms with Gasteiger partial charge in [-0.3, -0.25) is 0 Å². The summed E-state index contributed by atoms with van der Waals surface area (Å²) in [6.07, 6.45) is 0.962. The van der Waals surface area contributed by atoms with Crippen molar-refractivity contribution in [2.45, 2.75) is 19.4 Å². The highest BCUT2D eigenvalue weighted by molar-refractivity contribution is 5.68. The molecule has 0 aliphatic carbocycles. The lowest BCUT2D eigenvalue weighted by atomic mass is 10.0. The molecule has 3 heteroatoms. The Bertz CT molecular complexity index is 585. The number of nitrogens with one attached hydrogen (secondary N) is 1. The molecule has 0 aromatic heterocycles. The average Bonchev–Trinajstić information content (AvgIpc) is 2.47. The Kier molecular flexibility index (Phi) is 4.04. The van der Waals surface area contributed by atoms with Crippen LogP contribution in [-0.2, 0) is 0 Å². The van der Waals surface area contributed by atoms with Crippen molar-refractivity contribution < 1.29 is 0 Å². The summed E-state index contributed by atoms with van der Waals surface area (Å²) in [5.74, 6) is 0. The zero-order valence-electron chi connectivity index (χ0n) is 10.9. The molecule has 96 valence electrons. The van der Waals surface area contributed by atoms with Crippen LogP contribution in [0.4, 0.5) is 11.4 Å². The number of rotatable bonds is 4. The average molecular weight is 251 g/mol. The quantitative estimate of drug-likeness (QED) is 0.814. The van der Waals surface area contributed by atoms with E-state index in [1.165, 1.54) is 5.56 Å². The van der Waals surface area contributed by atoms with Crippen molar-refractivity contribution in [2.75, 3.05) is 11.1 Å². The van der Waals surface area contributed by atoms with Crippen LogP contribution in [0, 0.1) is 11.3 Å². The van der Waals surface area contributed by atoms with Crippen molar-refractivity contribution in [1.82, 2.24) is 0 Å². The van der Waals surface area contributed by atoms with Gasteiger partial charge < -0.3 is 11.1 Å². The number of anilines is 2. The second-order valence-electron chi connectivity index (χ2n) is 4.43. The summed E-state index contributed by atoms with van der Waals surface area (Å²) in [4.78, 5) is 0. The molecule has 0 saturated heterocycles.